The van der Waals surface area contributed by atoms with Crippen molar-refractivity contribution in [2.75, 3.05) is 12.3 Å². The summed E-state index contributed by atoms with van der Waals surface area (Å²) in [5.41, 5.74) is 0.160. The predicted octanol–water partition coefficient (Wildman–Crippen LogP) is 6.89. The number of ether oxygens (including phenoxy) is 1. The molecule has 4 aliphatic rings. The van der Waals surface area contributed by atoms with Crippen molar-refractivity contribution in [3.8, 4) is 0 Å². The van der Waals surface area contributed by atoms with Crippen molar-refractivity contribution in [3.05, 3.63) is 66.3 Å². The van der Waals surface area contributed by atoms with Crippen LogP contribution in [-0.4, -0.2) is 74.2 Å². The van der Waals surface area contributed by atoms with Gasteiger partial charge in [-0.1, -0.05) is 86.9 Å². The lowest BCUT2D eigenvalue weighted by Gasteiger charge is -2.37. The second-order valence-electron chi connectivity index (χ2n) is 15.0. The second-order valence-corrected chi connectivity index (χ2v) is 16.5. The van der Waals surface area contributed by atoms with E-state index in [-0.39, 0.29) is 17.7 Å². The molecular weight excluding hydrogens is 639 g/mol. The molecule has 1 saturated heterocycles. The first-order chi connectivity index (χ1) is 23.4. The van der Waals surface area contributed by atoms with E-state index in [4.69, 9.17) is 4.74 Å². The van der Waals surface area contributed by atoms with Gasteiger partial charge in [0.2, 0.25) is 11.8 Å². The minimum Gasteiger partial charge on any atom is -0.479 e. The SMILES string of the molecule is CCCCS[C@@]1(C2C=CC(c3ccccc3)=CC2)C[C@H]2C(=O)N[C@]3(C(=O)O)C[C@H]3/C=C\CCCCC[C@H](NC(=O)OC(C)(C)C)C(=O)N2C1. The number of carboxylic acid groups (broad SMARTS) is 1. The zero-order valence-corrected chi connectivity index (χ0v) is 30.2. The number of hydrogen-bond acceptors (Lipinski definition) is 6. The van der Waals surface area contributed by atoms with Crippen molar-refractivity contribution in [3.63, 3.8) is 0 Å². The van der Waals surface area contributed by atoms with Crippen LogP contribution in [0.1, 0.15) is 97.5 Å². The first-order valence-corrected chi connectivity index (χ1v) is 19.0. The standard InChI is InChI=1S/C39H53N3O6S/c1-5-6-23-49-38(29-21-19-28(20-22-29)27-15-11-10-12-16-27)25-32-33(43)41-39(35(45)46)24-30(39)17-13-8-7-9-14-18-31(34(44)42(32)26-38)40-36(47)48-37(2,3)4/h10-13,15-17,19-21,29-32H,5-9,14,18,22-26H2,1-4H3,(H,40,47)(H,41,43)(H,45,46)/b17-13-/t29?,30-,31+,32+,38+,39-/m1/s1. The number of rotatable bonds is 8. The van der Waals surface area contributed by atoms with Crippen LogP contribution in [0.4, 0.5) is 4.79 Å². The normalized spacial score (nSPS) is 31.3. The van der Waals surface area contributed by atoms with E-state index < -0.39 is 45.9 Å². The van der Waals surface area contributed by atoms with Gasteiger partial charge in [-0.05, 0) is 88.5 Å². The Labute approximate surface area is 295 Å². The highest BCUT2D eigenvalue weighted by molar-refractivity contribution is 8.00. The Hall–Kier alpha value is -3.53. The van der Waals surface area contributed by atoms with E-state index in [0.717, 1.165) is 55.4 Å². The van der Waals surface area contributed by atoms with Gasteiger partial charge < -0.3 is 25.4 Å². The number of carbonyl (C=O) groups is 4. The summed E-state index contributed by atoms with van der Waals surface area (Å²) in [6.07, 6.45) is 17.0. The summed E-state index contributed by atoms with van der Waals surface area (Å²) >= 11 is 1.82. The van der Waals surface area contributed by atoms with Crippen LogP contribution in [0.5, 0.6) is 0 Å². The van der Waals surface area contributed by atoms with E-state index in [1.807, 2.05) is 42.1 Å². The molecule has 2 aliphatic carbocycles. The number of hydrogen-bond donors (Lipinski definition) is 3. The number of carbonyl (C=O) groups excluding carboxylic acids is 3. The Bertz CT molecular complexity index is 1470. The molecule has 5 rings (SSSR count). The van der Waals surface area contributed by atoms with Crippen LogP contribution in [0.2, 0.25) is 0 Å². The maximum absolute atomic E-state index is 14.7. The summed E-state index contributed by atoms with van der Waals surface area (Å²) in [5.74, 6) is -1.21. The van der Waals surface area contributed by atoms with Gasteiger partial charge in [0.25, 0.3) is 0 Å². The zero-order valence-electron chi connectivity index (χ0n) is 29.4. The number of thioether (sulfide) groups is 1. The van der Waals surface area contributed by atoms with Gasteiger partial charge in [0.15, 0.2) is 0 Å². The quantitative estimate of drug-likeness (QED) is 0.200. The first kappa shape index (κ1) is 36.7. The van der Waals surface area contributed by atoms with E-state index in [1.165, 1.54) is 0 Å². The van der Waals surface area contributed by atoms with Crippen molar-refractivity contribution in [1.29, 1.82) is 0 Å². The van der Waals surface area contributed by atoms with Crippen LogP contribution in [0.3, 0.4) is 0 Å². The number of carboxylic acids is 1. The molecular formula is C39H53N3O6S. The lowest BCUT2D eigenvalue weighted by atomic mass is 9.82. The lowest BCUT2D eigenvalue weighted by molar-refractivity contribution is -0.145. The van der Waals surface area contributed by atoms with Crippen molar-refractivity contribution in [2.45, 2.75) is 120 Å². The topological polar surface area (TPSA) is 125 Å². The summed E-state index contributed by atoms with van der Waals surface area (Å²) in [4.78, 5) is 56.3. The van der Waals surface area contributed by atoms with Crippen molar-refractivity contribution >= 4 is 41.2 Å². The first-order valence-electron chi connectivity index (χ1n) is 18.0. The molecule has 266 valence electrons. The molecule has 0 aromatic heterocycles. The van der Waals surface area contributed by atoms with Gasteiger partial charge in [0.05, 0.1) is 0 Å². The molecule has 3 N–H and O–H groups in total. The molecule has 3 amide bonds. The van der Waals surface area contributed by atoms with Crippen molar-refractivity contribution < 1.29 is 29.0 Å². The third kappa shape index (κ3) is 8.80. The minimum absolute atomic E-state index is 0.0443. The lowest BCUT2D eigenvalue weighted by Crippen LogP contribution is -2.56. The summed E-state index contributed by atoms with van der Waals surface area (Å²) in [6, 6.07) is 8.47. The summed E-state index contributed by atoms with van der Waals surface area (Å²) in [5, 5.41) is 16.1. The van der Waals surface area contributed by atoms with Crippen LogP contribution in [0.25, 0.3) is 5.57 Å². The molecule has 1 saturated carbocycles. The van der Waals surface area contributed by atoms with Crippen LogP contribution in [-0.2, 0) is 19.1 Å². The number of allylic oxidation sites excluding steroid dienone is 5. The van der Waals surface area contributed by atoms with Crippen LogP contribution >= 0.6 is 11.8 Å². The maximum atomic E-state index is 14.7. The molecule has 2 heterocycles. The van der Waals surface area contributed by atoms with E-state index in [0.29, 0.717) is 32.2 Å². The Balaban J connectivity index is 1.50. The van der Waals surface area contributed by atoms with Gasteiger partial charge in [-0.15, -0.1) is 0 Å². The van der Waals surface area contributed by atoms with Crippen LogP contribution < -0.4 is 10.6 Å². The number of nitrogens with one attached hydrogen (secondary N) is 2. The van der Waals surface area contributed by atoms with Gasteiger partial charge >= 0.3 is 12.1 Å². The summed E-state index contributed by atoms with van der Waals surface area (Å²) in [6.45, 7) is 7.80. The molecule has 6 atom stereocenters. The molecule has 10 heteroatoms. The predicted molar refractivity (Wildman–Crippen MR) is 194 cm³/mol. The molecule has 0 spiro atoms. The molecule has 2 aliphatic heterocycles. The Morgan fingerprint density at radius 3 is 2.53 bits per heavy atom. The van der Waals surface area contributed by atoms with Gasteiger partial charge in [-0.3, -0.25) is 9.59 Å². The number of benzene rings is 1. The highest BCUT2D eigenvalue weighted by Crippen LogP contribution is 2.50. The number of unbranched alkanes of at least 4 members (excludes halogenated alkanes) is 1. The summed E-state index contributed by atoms with van der Waals surface area (Å²) in [7, 11) is 0. The average Bonchev–Trinajstić information content (AvgIpc) is 3.62. The third-order valence-electron chi connectivity index (χ3n) is 10.2. The fraction of sp³-hybridized carbons (Fsp3) is 0.590. The van der Waals surface area contributed by atoms with E-state index in [9.17, 15) is 24.3 Å². The number of aliphatic carboxylic acids is 1. The number of nitrogens with zero attached hydrogens (tertiary/aromatic N) is 1. The zero-order chi connectivity index (χ0) is 35.2. The van der Waals surface area contributed by atoms with E-state index in [2.05, 4.69) is 47.9 Å². The van der Waals surface area contributed by atoms with E-state index >= 15 is 0 Å². The third-order valence-corrected chi connectivity index (χ3v) is 11.8. The molecule has 9 nitrogen and oxygen atoms in total. The molecule has 49 heavy (non-hydrogen) atoms. The summed E-state index contributed by atoms with van der Waals surface area (Å²) < 4.78 is 5.08. The minimum atomic E-state index is -1.38. The Morgan fingerprint density at radius 2 is 1.86 bits per heavy atom. The highest BCUT2D eigenvalue weighted by Gasteiger charge is 2.62. The Kier molecular flexibility index (Phi) is 11.7. The Morgan fingerprint density at radius 1 is 1.08 bits per heavy atom. The molecule has 2 fully saturated rings. The number of amides is 3. The fourth-order valence-electron chi connectivity index (χ4n) is 7.34. The smallest absolute Gasteiger partial charge is 0.408 e. The van der Waals surface area contributed by atoms with Crippen molar-refractivity contribution in [2.24, 2.45) is 11.8 Å². The van der Waals surface area contributed by atoms with Crippen LogP contribution in [0, 0.1) is 11.8 Å². The van der Waals surface area contributed by atoms with Gasteiger partial charge in [0.1, 0.15) is 23.2 Å². The molecule has 0 bridgehead atoms. The van der Waals surface area contributed by atoms with Gasteiger partial charge in [-0.25, -0.2) is 9.59 Å². The number of alkyl carbamates (subject to hydrolysis) is 1. The van der Waals surface area contributed by atoms with Gasteiger partial charge in [-0.2, -0.15) is 11.8 Å². The molecule has 1 unspecified atom stereocenters. The maximum Gasteiger partial charge on any atom is 0.408 e. The van der Waals surface area contributed by atoms with Crippen LogP contribution in [0.15, 0.2) is 60.7 Å². The van der Waals surface area contributed by atoms with Crippen molar-refractivity contribution in [1.82, 2.24) is 15.5 Å². The highest BCUT2D eigenvalue weighted by atomic mass is 32.2. The molecule has 1 aromatic carbocycles. The molecule has 0 radical (unpaired) electrons. The fourth-order valence-corrected chi connectivity index (χ4v) is 9.08. The second kappa shape index (κ2) is 15.6. The average molecular weight is 692 g/mol. The van der Waals surface area contributed by atoms with Gasteiger partial charge in [0, 0.05) is 17.2 Å². The number of fused-ring (bicyclic) bond motifs is 2. The largest absolute Gasteiger partial charge is 0.479 e. The monoisotopic (exact) mass is 691 g/mol. The van der Waals surface area contributed by atoms with E-state index in [1.54, 1.807) is 25.7 Å². The molecule has 1 aromatic rings.